The third-order valence-electron chi connectivity index (χ3n) is 3.31. The lowest BCUT2D eigenvalue weighted by Gasteiger charge is -1.99. The molecule has 0 saturated heterocycles. The first kappa shape index (κ1) is 9.41. The third kappa shape index (κ3) is 0.953. The van der Waals surface area contributed by atoms with Crippen molar-refractivity contribution in [2.75, 3.05) is 0 Å². The standard InChI is InChI=1S/C14H8N2O2/c17-11-3-1-2-8-9-6-7-15-10-4-5-12(18)16(13(9)10)14(8)11/h1-7,17H. The van der Waals surface area contributed by atoms with Crippen LogP contribution in [0.25, 0.3) is 27.3 Å². The Morgan fingerprint density at radius 2 is 1.83 bits per heavy atom. The van der Waals surface area contributed by atoms with Crippen LogP contribution in [0, 0.1) is 0 Å². The molecule has 0 aliphatic carbocycles. The van der Waals surface area contributed by atoms with E-state index in [1.165, 1.54) is 10.5 Å². The second-order valence-corrected chi connectivity index (χ2v) is 4.27. The molecule has 18 heavy (non-hydrogen) atoms. The Bertz CT molecular complexity index is 956. The van der Waals surface area contributed by atoms with Gasteiger partial charge in [-0.1, -0.05) is 12.1 Å². The Balaban J connectivity index is 2.57. The van der Waals surface area contributed by atoms with E-state index in [1.807, 2.05) is 12.1 Å². The Kier molecular flexibility index (Phi) is 1.56. The van der Waals surface area contributed by atoms with Gasteiger partial charge in [-0.2, -0.15) is 0 Å². The highest BCUT2D eigenvalue weighted by Crippen LogP contribution is 2.33. The van der Waals surface area contributed by atoms with Gasteiger partial charge in [-0.15, -0.1) is 0 Å². The number of benzene rings is 1. The van der Waals surface area contributed by atoms with Gasteiger partial charge in [0.15, 0.2) is 0 Å². The van der Waals surface area contributed by atoms with Crippen molar-refractivity contribution in [3.8, 4) is 5.75 Å². The summed E-state index contributed by atoms with van der Waals surface area (Å²) in [4.78, 5) is 16.3. The highest BCUT2D eigenvalue weighted by atomic mass is 16.3. The Morgan fingerprint density at radius 1 is 1.00 bits per heavy atom. The molecular formula is C14H8N2O2. The van der Waals surface area contributed by atoms with E-state index >= 15 is 0 Å². The number of nitrogens with zero attached hydrogens (tertiary/aromatic N) is 2. The van der Waals surface area contributed by atoms with Crippen molar-refractivity contribution in [2.24, 2.45) is 0 Å². The smallest absolute Gasteiger partial charge is 0.255 e. The average Bonchev–Trinajstić information content (AvgIpc) is 2.73. The summed E-state index contributed by atoms with van der Waals surface area (Å²) < 4.78 is 1.53. The molecule has 86 valence electrons. The van der Waals surface area contributed by atoms with E-state index < -0.39 is 0 Å². The van der Waals surface area contributed by atoms with Crippen LogP contribution in [0.3, 0.4) is 0 Å². The Labute approximate surface area is 101 Å². The van der Waals surface area contributed by atoms with E-state index in [1.54, 1.807) is 24.4 Å². The van der Waals surface area contributed by atoms with Gasteiger partial charge in [0, 0.05) is 23.0 Å². The topological polar surface area (TPSA) is 54.6 Å². The molecule has 3 aromatic heterocycles. The third-order valence-corrected chi connectivity index (χ3v) is 3.31. The molecule has 0 spiro atoms. The fourth-order valence-electron chi connectivity index (χ4n) is 2.59. The molecule has 0 bridgehead atoms. The van der Waals surface area contributed by atoms with Crippen LogP contribution in [-0.2, 0) is 0 Å². The van der Waals surface area contributed by atoms with E-state index in [9.17, 15) is 9.90 Å². The van der Waals surface area contributed by atoms with E-state index in [2.05, 4.69) is 4.98 Å². The molecule has 0 aliphatic heterocycles. The van der Waals surface area contributed by atoms with E-state index in [-0.39, 0.29) is 11.3 Å². The van der Waals surface area contributed by atoms with Crippen LogP contribution in [0.5, 0.6) is 5.75 Å². The van der Waals surface area contributed by atoms with Gasteiger partial charge in [0.05, 0.1) is 16.6 Å². The minimum absolute atomic E-state index is 0.110. The maximum atomic E-state index is 12.0. The summed E-state index contributed by atoms with van der Waals surface area (Å²) in [5, 5.41) is 11.8. The normalized spacial score (nSPS) is 11.8. The van der Waals surface area contributed by atoms with Crippen LogP contribution in [-0.4, -0.2) is 14.5 Å². The van der Waals surface area contributed by atoms with Gasteiger partial charge in [-0.05, 0) is 18.2 Å². The van der Waals surface area contributed by atoms with E-state index in [0.29, 0.717) is 5.52 Å². The molecule has 0 saturated carbocycles. The van der Waals surface area contributed by atoms with E-state index in [0.717, 1.165) is 21.8 Å². The van der Waals surface area contributed by atoms with Crippen LogP contribution in [0.2, 0.25) is 0 Å². The van der Waals surface area contributed by atoms with Crippen molar-refractivity contribution in [1.29, 1.82) is 0 Å². The number of aromatic hydroxyl groups is 1. The van der Waals surface area contributed by atoms with E-state index in [4.69, 9.17) is 0 Å². The van der Waals surface area contributed by atoms with Gasteiger partial charge >= 0.3 is 0 Å². The summed E-state index contributed by atoms with van der Waals surface area (Å²) in [6.45, 7) is 0. The van der Waals surface area contributed by atoms with Crippen molar-refractivity contribution < 1.29 is 5.11 Å². The van der Waals surface area contributed by atoms with Crippen molar-refractivity contribution in [3.63, 3.8) is 0 Å². The van der Waals surface area contributed by atoms with Crippen LogP contribution >= 0.6 is 0 Å². The van der Waals surface area contributed by atoms with Gasteiger partial charge in [0.25, 0.3) is 5.56 Å². The summed E-state index contributed by atoms with van der Waals surface area (Å²) in [7, 11) is 0. The summed E-state index contributed by atoms with van der Waals surface area (Å²) in [6, 6.07) is 10.3. The fraction of sp³-hybridized carbons (Fsp3) is 0. The zero-order chi connectivity index (χ0) is 12.3. The maximum Gasteiger partial charge on any atom is 0.255 e. The molecule has 4 nitrogen and oxygen atoms in total. The van der Waals surface area contributed by atoms with Crippen LogP contribution < -0.4 is 5.56 Å². The molecule has 1 aromatic carbocycles. The van der Waals surface area contributed by atoms with Crippen molar-refractivity contribution in [1.82, 2.24) is 9.38 Å². The SMILES string of the molecule is O=c1ccc2nccc3c4cccc(O)c4n1c23. The molecule has 4 rings (SSSR count). The van der Waals surface area contributed by atoms with Crippen LogP contribution in [0.15, 0.2) is 47.4 Å². The number of pyridine rings is 2. The molecule has 4 aromatic rings. The molecule has 0 aliphatic rings. The lowest BCUT2D eigenvalue weighted by molar-refractivity contribution is 0.480. The molecule has 1 N–H and O–H groups in total. The van der Waals surface area contributed by atoms with Crippen LogP contribution in [0.1, 0.15) is 0 Å². The number of phenols is 1. The monoisotopic (exact) mass is 236 g/mol. The lowest BCUT2D eigenvalue weighted by atomic mass is 10.1. The molecule has 0 fully saturated rings. The number of hydrogen-bond acceptors (Lipinski definition) is 3. The summed E-state index contributed by atoms with van der Waals surface area (Å²) in [5.41, 5.74) is 1.91. The van der Waals surface area contributed by atoms with Crippen LogP contribution in [0.4, 0.5) is 0 Å². The second kappa shape index (κ2) is 2.98. The first-order valence-electron chi connectivity index (χ1n) is 5.61. The molecular weight excluding hydrogens is 228 g/mol. The van der Waals surface area contributed by atoms with Crippen molar-refractivity contribution in [2.45, 2.75) is 0 Å². The average molecular weight is 236 g/mol. The largest absolute Gasteiger partial charge is 0.506 e. The Morgan fingerprint density at radius 3 is 2.72 bits per heavy atom. The molecule has 0 atom stereocenters. The number of phenolic OH excluding ortho intramolecular Hbond substituents is 1. The molecule has 0 unspecified atom stereocenters. The van der Waals surface area contributed by atoms with Gasteiger partial charge in [-0.25, -0.2) is 0 Å². The summed E-state index contributed by atoms with van der Waals surface area (Å²) in [6.07, 6.45) is 1.71. The van der Waals surface area contributed by atoms with Gasteiger partial charge in [0.1, 0.15) is 5.75 Å². The van der Waals surface area contributed by atoms with Gasteiger partial charge in [0.2, 0.25) is 0 Å². The lowest BCUT2D eigenvalue weighted by Crippen LogP contribution is -2.10. The zero-order valence-corrected chi connectivity index (χ0v) is 9.29. The number of fused-ring (bicyclic) bond motifs is 3. The number of rotatable bonds is 0. The summed E-state index contributed by atoms with van der Waals surface area (Å²) >= 11 is 0. The molecule has 4 heteroatoms. The first-order chi connectivity index (χ1) is 8.77. The quantitative estimate of drug-likeness (QED) is 0.509. The highest BCUT2D eigenvalue weighted by Gasteiger charge is 2.15. The molecule has 0 amide bonds. The maximum absolute atomic E-state index is 12.0. The first-order valence-corrected chi connectivity index (χ1v) is 5.61. The number of hydrogen-bond donors (Lipinski definition) is 1. The van der Waals surface area contributed by atoms with Gasteiger partial charge in [-0.3, -0.25) is 14.2 Å². The predicted octanol–water partition coefficient (Wildman–Crippen LogP) is 2.14. The van der Waals surface area contributed by atoms with Gasteiger partial charge < -0.3 is 5.11 Å². The molecule has 0 radical (unpaired) electrons. The zero-order valence-electron chi connectivity index (χ0n) is 9.29. The molecule has 3 heterocycles. The number of para-hydroxylation sites is 1. The highest BCUT2D eigenvalue weighted by molar-refractivity contribution is 6.14. The number of aromatic nitrogens is 2. The Hall–Kier alpha value is -2.62. The second-order valence-electron chi connectivity index (χ2n) is 4.27. The summed E-state index contributed by atoms with van der Waals surface area (Å²) in [5.74, 6) is 0.110. The minimum Gasteiger partial charge on any atom is -0.506 e. The van der Waals surface area contributed by atoms with Crippen molar-refractivity contribution in [3.05, 3.63) is 52.9 Å². The predicted molar refractivity (Wildman–Crippen MR) is 69.3 cm³/mol. The fourth-order valence-corrected chi connectivity index (χ4v) is 2.59. The minimum atomic E-state index is -0.156. The van der Waals surface area contributed by atoms with Crippen molar-refractivity contribution >= 4 is 27.3 Å².